The van der Waals surface area contributed by atoms with Crippen LogP contribution < -0.4 is 5.32 Å². The maximum absolute atomic E-state index is 11.8. The molecule has 0 unspecified atom stereocenters. The monoisotopic (exact) mass is 298 g/mol. The third-order valence-corrected chi connectivity index (χ3v) is 3.26. The Morgan fingerprint density at radius 1 is 1.35 bits per heavy atom. The van der Waals surface area contributed by atoms with Crippen molar-refractivity contribution in [1.82, 2.24) is 10.2 Å². The van der Waals surface area contributed by atoms with E-state index in [1.54, 1.807) is 11.0 Å². The molecule has 0 aliphatic rings. The quantitative estimate of drug-likeness (QED) is 0.767. The maximum atomic E-state index is 11.8. The molecule has 1 amide bonds. The number of nitrogens with one attached hydrogen (secondary N) is 1. The highest BCUT2D eigenvalue weighted by molar-refractivity contribution is 6.31. The summed E-state index contributed by atoms with van der Waals surface area (Å²) in [5, 5.41) is 12.0. The first-order valence-electron chi connectivity index (χ1n) is 6.47. The predicted molar refractivity (Wildman–Crippen MR) is 77.7 cm³/mol. The normalized spacial score (nSPS) is 10.6. The summed E-state index contributed by atoms with van der Waals surface area (Å²) in [6, 6.07) is 7.32. The molecular weight excluding hydrogens is 280 g/mol. The number of aliphatic carboxylic acids is 1. The zero-order valence-electron chi connectivity index (χ0n) is 11.4. The van der Waals surface area contributed by atoms with E-state index in [1.807, 2.05) is 25.1 Å². The van der Waals surface area contributed by atoms with Crippen LogP contribution in [0.25, 0.3) is 0 Å². The van der Waals surface area contributed by atoms with Gasteiger partial charge in [-0.1, -0.05) is 36.7 Å². The summed E-state index contributed by atoms with van der Waals surface area (Å²) in [6.07, 6.45) is 0.0334. The lowest BCUT2D eigenvalue weighted by molar-refractivity contribution is -0.137. The van der Waals surface area contributed by atoms with Gasteiger partial charge in [0.25, 0.3) is 0 Å². The molecule has 20 heavy (non-hydrogen) atoms. The third-order valence-electron chi connectivity index (χ3n) is 2.89. The van der Waals surface area contributed by atoms with Gasteiger partial charge in [0.2, 0.25) is 5.91 Å². The van der Waals surface area contributed by atoms with Gasteiger partial charge in [-0.25, -0.2) is 0 Å². The number of amides is 1. The van der Waals surface area contributed by atoms with Crippen molar-refractivity contribution in [2.75, 3.05) is 19.6 Å². The van der Waals surface area contributed by atoms with Crippen molar-refractivity contribution < 1.29 is 14.7 Å². The fourth-order valence-electron chi connectivity index (χ4n) is 1.70. The predicted octanol–water partition coefficient (Wildman–Crippen LogP) is 1.75. The number of likely N-dealkylation sites (N-methyl/N-ethyl adjacent to an activating group) is 1. The van der Waals surface area contributed by atoms with Crippen molar-refractivity contribution >= 4 is 23.5 Å². The molecule has 0 fully saturated rings. The smallest absolute Gasteiger partial charge is 0.304 e. The average molecular weight is 299 g/mol. The van der Waals surface area contributed by atoms with Crippen molar-refractivity contribution in [1.29, 1.82) is 0 Å². The van der Waals surface area contributed by atoms with E-state index in [9.17, 15) is 9.59 Å². The molecule has 0 heterocycles. The maximum Gasteiger partial charge on any atom is 0.304 e. The molecule has 0 aliphatic carbocycles. The molecule has 2 N–H and O–H groups in total. The van der Waals surface area contributed by atoms with Crippen LogP contribution in [0.15, 0.2) is 24.3 Å². The highest BCUT2D eigenvalue weighted by Crippen LogP contribution is 2.14. The number of nitrogens with zero attached hydrogens (tertiary/aromatic N) is 1. The number of carbonyl (C=O) groups is 2. The first kappa shape index (κ1) is 16.5. The standard InChI is InChI=1S/C14H19ClN2O3/c1-2-17(8-7-14(19)20)10-13(18)16-9-11-5-3-4-6-12(11)15/h3-6H,2,7-10H2,1H3,(H,16,18)(H,19,20). The van der Waals surface area contributed by atoms with E-state index in [-0.39, 0.29) is 18.9 Å². The number of hydrogen-bond acceptors (Lipinski definition) is 3. The molecule has 1 aromatic carbocycles. The van der Waals surface area contributed by atoms with Crippen LogP contribution in [0.4, 0.5) is 0 Å². The fourth-order valence-corrected chi connectivity index (χ4v) is 1.90. The summed E-state index contributed by atoms with van der Waals surface area (Å²) < 4.78 is 0. The largest absolute Gasteiger partial charge is 0.481 e. The SMILES string of the molecule is CCN(CCC(=O)O)CC(=O)NCc1ccccc1Cl. The van der Waals surface area contributed by atoms with Gasteiger partial charge in [0.15, 0.2) is 0 Å². The number of rotatable bonds is 8. The van der Waals surface area contributed by atoms with Crippen molar-refractivity contribution in [2.24, 2.45) is 0 Å². The molecule has 0 saturated carbocycles. The van der Waals surface area contributed by atoms with Crippen LogP contribution in [0.2, 0.25) is 5.02 Å². The van der Waals surface area contributed by atoms with E-state index in [0.717, 1.165) is 5.56 Å². The Hall–Kier alpha value is -1.59. The van der Waals surface area contributed by atoms with Gasteiger partial charge in [-0.2, -0.15) is 0 Å². The Kier molecular flexibility index (Phi) is 7.04. The number of hydrogen-bond donors (Lipinski definition) is 2. The van der Waals surface area contributed by atoms with Crippen LogP contribution in [0.3, 0.4) is 0 Å². The minimum Gasteiger partial charge on any atom is -0.481 e. The molecule has 1 aromatic rings. The summed E-state index contributed by atoms with van der Waals surface area (Å²) in [4.78, 5) is 24.1. The fraction of sp³-hybridized carbons (Fsp3) is 0.429. The lowest BCUT2D eigenvalue weighted by Gasteiger charge is -2.18. The number of carboxylic acids is 1. The lowest BCUT2D eigenvalue weighted by atomic mass is 10.2. The number of halogens is 1. The average Bonchev–Trinajstić information content (AvgIpc) is 2.42. The van der Waals surface area contributed by atoms with E-state index < -0.39 is 5.97 Å². The molecule has 5 nitrogen and oxygen atoms in total. The molecule has 0 aromatic heterocycles. The van der Waals surface area contributed by atoms with E-state index >= 15 is 0 Å². The van der Waals surface area contributed by atoms with Crippen molar-refractivity contribution in [2.45, 2.75) is 19.9 Å². The minimum absolute atomic E-state index is 0.0334. The highest BCUT2D eigenvalue weighted by Gasteiger charge is 2.10. The van der Waals surface area contributed by atoms with Gasteiger partial charge in [-0.05, 0) is 18.2 Å². The van der Waals surface area contributed by atoms with Gasteiger partial charge in [-0.3, -0.25) is 14.5 Å². The molecule has 0 spiro atoms. The Morgan fingerprint density at radius 2 is 2.05 bits per heavy atom. The van der Waals surface area contributed by atoms with Crippen LogP contribution in [0.5, 0.6) is 0 Å². The van der Waals surface area contributed by atoms with Crippen molar-refractivity contribution in [3.8, 4) is 0 Å². The van der Waals surface area contributed by atoms with Crippen LogP contribution in [0.1, 0.15) is 18.9 Å². The second-order valence-corrected chi connectivity index (χ2v) is 4.79. The summed E-state index contributed by atoms with van der Waals surface area (Å²) in [5.74, 6) is -1.00. The molecule has 0 saturated heterocycles. The van der Waals surface area contributed by atoms with Crippen LogP contribution >= 0.6 is 11.6 Å². The van der Waals surface area contributed by atoms with Gasteiger partial charge in [0.05, 0.1) is 13.0 Å². The molecule has 0 aliphatic heterocycles. The van der Waals surface area contributed by atoms with Gasteiger partial charge >= 0.3 is 5.97 Å². The zero-order chi connectivity index (χ0) is 15.0. The first-order valence-corrected chi connectivity index (χ1v) is 6.85. The molecule has 0 radical (unpaired) electrons. The molecular formula is C14H19ClN2O3. The van der Waals surface area contributed by atoms with Crippen molar-refractivity contribution in [3.05, 3.63) is 34.9 Å². The van der Waals surface area contributed by atoms with E-state index in [2.05, 4.69) is 5.32 Å². The number of benzene rings is 1. The lowest BCUT2D eigenvalue weighted by Crippen LogP contribution is -2.37. The molecule has 1 rings (SSSR count). The minimum atomic E-state index is -0.861. The van der Waals surface area contributed by atoms with Gasteiger partial charge in [-0.15, -0.1) is 0 Å². The van der Waals surface area contributed by atoms with E-state index in [4.69, 9.17) is 16.7 Å². The van der Waals surface area contributed by atoms with Crippen LogP contribution in [-0.4, -0.2) is 41.5 Å². The first-order chi connectivity index (χ1) is 9.52. The second-order valence-electron chi connectivity index (χ2n) is 4.38. The number of carboxylic acid groups (broad SMARTS) is 1. The van der Waals surface area contributed by atoms with E-state index in [0.29, 0.717) is 24.7 Å². The molecule has 0 atom stereocenters. The summed E-state index contributed by atoms with van der Waals surface area (Å²) in [7, 11) is 0. The third kappa shape index (κ3) is 6.04. The van der Waals surface area contributed by atoms with Crippen LogP contribution in [0, 0.1) is 0 Å². The van der Waals surface area contributed by atoms with Gasteiger partial charge < -0.3 is 10.4 Å². The van der Waals surface area contributed by atoms with Crippen molar-refractivity contribution in [3.63, 3.8) is 0 Å². The Balaban J connectivity index is 2.38. The molecule has 0 bridgehead atoms. The Labute approximate surface area is 123 Å². The summed E-state index contributed by atoms with van der Waals surface area (Å²) in [6.45, 7) is 3.45. The number of carbonyl (C=O) groups excluding carboxylic acids is 1. The second kappa shape index (κ2) is 8.55. The van der Waals surface area contributed by atoms with Gasteiger partial charge in [0.1, 0.15) is 0 Å². The van der Waals surface area contributed by atoms with Gasteiger partial charge in [0, 0.05) is 18.1 Å². The topological polar surface area (TPSA) is 69.6 Å². The summed E-state index contributed by atoms with van der Waals surface area (Å²) >= 11 is 6.00. The Morgan fingerprint density at radius 3 is 2.65 bits per heavy atom. The summed E-state index contributed by atoms with van der Waals surface area (Å²) in [5.41, 5.74) is 0.858. The Bertz CT molecular complexity index is 465. The molecule has 110 valence electrons. The van der Waals surface area contributed by atoms with E-state index in [1.165, 1.54) is 0 Å². The zero-order valence-corrected chi connectivity index (χ0v) is 12.2. The molecule has 6 heteroatoms. The van der Waals surface area contributed by atoms with Crippen LogP contribution in [-0.2, 0) is 16.1 Å². The highest BCUT2D eigenvalue weighted by atomic mass is 35.5.